The van der Waals surface area contributed by atoms with Gasteiger partial charge in [0.05, 0.1) is 0 Å². The summed E-state index contributed by atoms with van der Waals surface area (Å²) < 4.78 is 5.83. The third-order valence-electron chi connectivity index (χ3n) is 3.97. The number of hydrogen-bond donors (Lipinski definition) is 0. The molecule has 0 aromatic rings. The normalized spacial score (nSPS) is 34.8. The van der Waals surface area contributed by atoms with Crippen LogP contribution in [0.4, 0.5) is 0 Å². The average Bonchev–Trinajstić information content (AvgIpc) is 2.84. The van der Waals surface area contributed by atoms with Crippen LogP contribution in [0.15, 0.2) is 23.4 Å². The fourth-order valence-electron chi connectivity index (χ4n) is 2.76. The van der Waals surface area contributed by atoms with Gasteiger partial charge < -0.3 is 4.43 Å². The van der Waals surface area contributed by atoms with Crippen molar-refractivity contribution in [2.45, 2.75) is 39.5 Å². The number of rotatable bonds is 5. The second-order valence-electron chi connectivity index (χ2n) is 5.16. The summed E-state index contributed by atoms with van der Waals surface area (Å²) in [5, 5.41) is 1.47. The van der Waals surface area contributed by atoms with E-state index in [0.717, 1.165) is 12.5 Å². The van der Waals surface area contributed by atoms with E-state index in [1.54, 1.807) is 0 Å². The Balaban J connectivity index is 1.68. The van der Waals surface area contributed by atoms with Gasteiger partial charge in [0.2, 0.25) is 0 Å². The zero-order valence-corrected chi connectivity index (χ0v) is 11.4. The lowest BCUT2D eigenvalue weighted by Gasteiger charge is -2.23. The Bertz CT molecular complexity index is 282. The molecule has 0 amide bonds. The van der Waals surface area contributed by atoms with Crippen molar-refractivity contribution in [3.05, 3.63) is 23.4 Å². The molecule has 15 heavy (non-hydrogen) atoms. The van der Waals surface area contributed by atoms with Crippen LogP contribution in [0, 0.1) is 11.3 Å². The highest BCUT2D eigenvalue weighted by Crippen LogP contribution is 2.51. The summed E-state index contributed by atoms with van der Waals surface area (Å²) in [4.78, 5) is 0. The Kier molecular flexibility index (Phi) is 3.47. The maximum absolute atomic E-state index is 5.83. The first kappa shape index (κ1) is 11.2. The minimum Gasteiger partial charge on any atom is -0.419 e. The lowest BCUT2D eigenvalue weighted by molar-refractivity contribution is 0.252. The van der Waals surface area contributed by atoms with E-state index in [0.29, 0.717) is 5.41 Å². The van der Waals surface area contributed by atoms with Crippen molar-refractivity contribution in [2.75, 3.05) is 6.61 Å². The van der Waals surface area contributed by atoms with Crippen molar-refractivity contribution < 1.29 is 4.43 Å². The molecular weight excluding hydrogens is 200 g/mol. The van der Waals surface area contributed by atoms with E-state index in [1.807, 2.05) is 0 Å². The van der Waals surface area contributed by atoms with Crippen LogP contribution in [0.25, 0.3) is 0 Å². The van der Waals surface area contributed by atoms with E-state index >= 15 is 0 Å². The van der Waals surface area contributed by atoms with E-state index in [-0.39, 0.29) is 9.76 Å². The van der Waals surface area contributed by atoms with Gasteiger partial charge in [0.15, 0.2) is 9.76 Å². The zero-order valence-electron chi connectivity index (χ0n) is 9.96. The molecule has 2 aliphatic carbocycles. The summed E-state index contributed by atoms with van der Waals surface area (Å²) in [7, 11) is -0.385. The summed E-state index contributed by atoms with van der Waals surface area (Å²) >= 11 is 0. The molecule has 2 atom stereocenters. The molecule has 1 fully saturated rings. The Labute approximate surface area is 95.5 Å². The van der Waals surface area contributed by atoms with Crippen molar-refractivity contribution in [1.82, 2.24) is 0 Å². The number of fused-ring (bicyclic) bond motifs is 2. The molecule has 2 aliphatic rings. The van der Waals surface area contributed by atoms with Crippen molar-refractivity contribution in [1.29, 1.82) is 0 Å². The lowest BCUT2D eigenvalue weighted by atomic mass is 9.85. The van der Waals surface area contributed by atoms with Gasteiger partial charge in [-0.15, -0.1) is 0 Å². The second kappa shape index (κ2) is 4.66. The second-order valence-corrected chi connectivity index (χ2v) is 6.97. The monoisotopic (exact) mass is 222 g/mol. The summed E-state index contributed by atoms with van der Waals surface area (Å²) in [5.74, 6) is 0.902. The minimum absolute atomic E-state index is 0.385. The van der Waals surface area contributed by atoms with Crippen LogP contribution >= 0.6 is 0 Å². The fourth-order valence-corrected chi connectivity index (χ4v) is 3.53. The standard InChI is InChI=1S/C13H22OSi/c1-3-11(2)15-14-9-8-13-6-4-12(10-13)5-7-13/h3-4,6,12H,5,7-10,15H2,1-2H3. The Morgan fingerprint density at radius 2 is 2.53 bits per heavy atom. The maximum atomic E-state index is 5.83. The molecule has 0 aliphatic heterocycles. The van der Waals surface area contributed by atoms with Crippen LogP contribution in [-0.2, 0) is 4.43 Å². The first-order valence-electron chi connectivity index (χ1n) is 6.13. The van der Waals surface area contributed by atoms with Crippen LogP contribution in [-0.4, -0.2) is 16.4 Å². The molecule has 2 rings (SSSR count). The van der Waals surface area contributed by atoms with Gasteiger partial charge in [0.25, 0.3) is 0 Å². The summed E-state index contributed by atoms with van der Waals surface area (Å²) in [6.45, 7) is 5.27. The van der Waals surface area contributed by atoms with Crippen molar-refractivity contribution in [3.63, 3.8) is 0 Å². The van der Waals surface area contributed by atoms with Gasteiger partial charge in [-0.1, -0.05) is 23.4 Å². The highest BCUT2D eigenvalue weighted by atomic mass is 28.2. The molecule has 0 aromatic carbocycles. The van der Waals surface area contributed by atoms with Gasteiger partial charge in [0, 0.05) is 6.61 Å². The van der Waals surface area contributed by atoms with Crippen LogP contribution in [0.2, 0.25) is 0 Å². The van der Waals surface area contributed by atoms with Crippen LogP contribution in [0.1, 0.15) is 39.5 Å². The van der Waals surface area contributed by atoms with Gasteiger partial charge >= 0.3 is 0 Å². The minimum atomic E-state index is -0.385. The van der Waals surface area contributed by atoms with Gasteiger partial charge in [0.1, 0.15) is 0 Å². The van der Waals surface area contributed by atoms with E-state index in [4.69, 9.17) is 4.43 Å². The predicted molar refractivity (Wildman–Crippen MR) is 67.5 cm³/mol. The molecule has 1 nitrogen and oxygen atoms in total. The molecular formula is C13H22OSi. The smallest absolute Gasteiger partial charge is 0.187 e. The van der Waals surface area contributed by atoms with Crippen molar-refractivity contribution in [3.8, 4) is 0 Å². The van der Waals surface area contributed by atoms with Gasteiger partial charge in [-0.2, -0.15) is 0 Å². The Morgan fingerprint density at radius 1 is 1.67 bits per heavy atom. The van der Waals surface area contributed by atoms with E-state index in [2.05, 4.69) is 32.1 Å². The molecule has 2 bridgehead atoms. The van der Waals surface area contributed by atoms with Gasteiger partial charge in [-0.25, -0.2) is 0 Å². The summed E-state index contributed by atoms with van der Waals surface area (Å²) in [5.41, 5.74) is 0.545. The Morgan fingerprint density at radius 3 is 3.07 bits per heavy atom. The maximum Gasteiger partial charge on any atom is 0.187 e. The van der Waals surface area contributed by atoms with Crippen LogP contribution in [0.5, 0.6) is 0 Å². The molecule has 0 heterocycles. The van der Waals surface area contributed by atoms with Crippen LogP contribution < -0.4 is 0 Å². The largest absolute Gasteiger partial charge is 0.419 e. The highest BCUT2D eigenvalue weighted by Gasteiger charge is 2.39. The average molecular weight is 222 g/mol. The zero-order chi connectivity index (χ0) is 10.7. The topological polar surface area (TPSA) is 9.23 Å². The molecule has 0 saturated heterocycles. The van der Waals surface area contributed by atoms with Gasteiger partial charge in [-0.3, -0.25) is 0 Å². The molecule has 0 N–H and O–H groups in total. The van der Waals surface area contributed by atoms with E-state index in [9.17, 15) is 0 Å². The number of hydrogen-bond acceptors (Lipinski definition) is 1. The summed E-state index contributed by atoms with van der Waals surface area (Å²) in [6, 6.07) is 0. The fraction of sp³-hybridized carbons (Fsp3) is 0.692. The highest BCUT2D eigenvalue weighted by molar-refractivity contribution is 6.37. The van der Waals surface area contributed by atoms with Gasteiger partial charge in [-0.05, 0) is 50.9 Å². The third kappa shape index (κ3) is 2.61. The van der Waals surface area contributed by atoms with Crippen molar-refractivity contribution in [2.24, 2.45) is 11.3 Å². The van der Waals surface area contributed by atoms with E-state index in [1.165, 1.54) is 30.9 Å². The third-order valence-corrected chi connectivity index (χ3v) is 5.33. The van der Waals surface area contributed by atoms with Crippen LogP contribution in [0.3, 0.4) is 0 Å². The molecule has 84 valence electrons. The molecule has 2 heteroatoms. The summed E-state index contributed by atoms with van der Waals surface area (Å²) in [6.07, 6.45) is 12.6. The first-order valence-corrected chi connectivity index (χ1v) is 7.41. The molecule has 0 radical (unpaired) electrons. The quantitative estimate of drug-likeness (QED) is 0.395. The molecule has 2 unspecified atom stereocenters. The van der Waals surface area contributed by atoms with E-state index < -0.39 is 0 Å². The molecule has 1 saturated carbocycles. The SMILES string of the molecule is CC=C(C)[SiH2]OCCC12C=CC(CC1)C2. The van der Waals surface area contributed by atoms with Crippen molar-refractivity contribution >= 4 is 9.76 Å². The Hall–Kier alpha value is -0.343. The number of allylic oxidation sites excluding steroid dienone is 4. The lowest BCUT2D eigenvalue weighted by Crippen LogP contribution is -2.16. The molecule has 0 aromatic heterocycles. The molecule has 0 spiro atoms. The first-order chi connectivity index (χ1) is 7.24. The predicted octanol–water partition coefficient (Wildman–Crippen LogP) is 2.76.